The summed E-state index contributed by atoms with van der Waals surface area (Å²) in [6.45, 7) is 6.87. The van der Waals surface area contributed by atoms with Gasteiger partial charge in [0.25, 0.3) is 10.0 Å². The number of para-hydroxylation sites is 1. The zero-order chi connectivity index (χ0) is 26.8. The molecule has 1 aliphatic rings. The molecule has 1 heterocycles. The molecule has 0 saturated heterocycles. The fourth-order valence-electron chi connectivity index (χ4n) is 5.19. The summed E-state index contributed by atoms with van der Waals surface area (Å²) in [6, 6.07) is 12.3. The van der Waals surface area contributed by atoms with Crippen molar-refractivity contribution in [2.24, 2.45) is 11.3 Å². The molecule has 0 radical (unpaired) electrons. The Balaban J connectivity index is 1.85. The Kier molecular flexibility index (Phi) is 7.94. The van der Waals surface area contributed by atoms with Gasteiger partial charge in [0.2, 0.25) is 0 Å². The molecule has 0 amide bonds. The zero-order valence-corrected chi connectivity index (χ0v) is 23.6. The number of sulfonamides is 1. The van der Waals surface area contributed by atoms with Crippen LogP contribution < -0.4 is 9.04 Å². The highest BCUT2D eigenvalue weighted by Crippen LogP contribution is 2.48. The lowest BCUT2D eigenvalue weighted by Crippen LogP contribution is -2.29. The van der Waals surface area contributed by atoms with Crippen molar-refractivity contribution in [2.45, 2.75) is 57.4 Å². The smallest absolute Gasteiger partial charge is 0.337 e. The van der Waals surface area contributed by atoms with Crippen LogP contribution in [0.2, 0.25) is 0 Å². The van der Waals surface area contributed by atoms with E-state index < -0.39 is 16.0 Å². The zero-order valence-electron chi connectivity index (χ0n) is 21.9. The summed E-state index contributed by atoms with van der Waals surface area (Å²) >= 11 is 1.22. The molecular weight excluding hydrogens is 508 g/mol. The van der Waals surface area contributed by atoms with Crippen molar-refractivity contribution in [3.05, 3.63) is 64.5 Å². The van der Waals surface area contributed by atoms with Gasteiger partial charge in [-0.1, -0.05) is 39.0 Å². The van der Waals surface area contributed by atoms with Gasteiger partial charge < -0.3 is 9.47 Å². The fourth-order valence-corrected chi connectivity index (χ4v) is 7.53. The van der Waals surface area contributed by atoms with Gasteiger partial charge in [-0.2, -0.15) is 8.42 Å². The minimum absolute atomic E-state index is 0.0390. The third-order valence-corrected chi connectivity index (χ3v) is 9.64. The van der Waals surface area contributed by atoms with E-state index in [1.54, 1.807) is 12.1 Å². The summed E-state index contributed by atoms with van der Waals surface area (Å²) in [5, 5.41) is 1.48. The first kappa shape index (κ1) is 27.1. The van der Waals surface area contributed by atoms with E-state index >= 15 is 0 Å². The molecule has 0 bridgehead atoms. The number of esters is 1. The fraction of sp³-hybridized carbons (Fsp3) is 0.429. The lowest BCUT2D eigenvalue weighted by atomic mass is 9.68. The summed E-state index contributed by atoms with van der Waals surface area (Å²) < 4.78 is 39.9. The van der Waals surface area contributed by atoms with Crippen molar-refractivity contribution < 1.29 is 22.7 Å². The number of benzene rings is 2. The average Bonchev–Trinajstić information content (AvgIpc) is 3.44. The van der Waals surface area contributed by atoms with Gasteiger partial charge in [-0.05, 0) is 72.8 Å². The monoisotopic (exact) mass is 542 g/mol. The molecule has 2 aromatic carbocycles. The van der Waals surface area contributed by atoms with Gasteiger partial charge in [-0.3, -0.25) is 0 Å². The Hall–Kier alpha value is -2.91. The Bertz CT molecular complexity index is 1340. The number of hydrogen-bond donors (Lipinski definition) is 0. The molecule has 198 valence electrons. The van der Waals surface area contributed by atoms with Crippen molar-refractivity contribution in [2.75, 3.05) is 18.5 Å². The summed E-state index contributed by atoms with van der Waals surface area (Å²) in [6.07, 6.45) is 4.17. The first-order valence-corrected chi connectivity index (χ1v) is 14.7. The van der Waals surface area contributed by atoms with Gasteiger partial charge >= 0.3 is 5.97 Å². The maximum Gasteiger partial charge on any atom is 0.337 e. The Labute approximate surface area is 223 Å². The Morgan fingerprint density at radius 2 is 1.73 bits per heavy atom. The molecule has 3 aromatic rings. The van der Waals surface area contributed by atoms with Crippen LogP contribution in [0.3, 0.4) is 0 Å². The predicted octanol–water partition coefficient (Wildman–Crippen LogP) is 6.79. The summed E-state index contributed by atoms with van der Waals surface area (Å²) in [7, 11) is -1.34. The lowest BCUT2D eigenvalue weighted by Gasteiger charge is -2.38. The van der Waals surface area contributed by atoms with Gasteiger partial charge in [0.1, 0.15) is 5.75 Å². The van der Waals surface area contributed by atoms with Crippen LogP contribution in [0.15, 0.2) is 58.4 Å². The highest BCUT2D eigenvalue weighted by atomic mass is 32.2. The number of aromatic nitrogens is 1. The second-order valence-corrected chi connectivity index (χ2v) is 12.9. The summed E-state index contributed by atoms with van der Waals surface area (Å²) in [5.41, 5.74) is 3.87. The van der Waals surface area contributed by atoms with E-state index in [1.807, 2.05) is 24.3 Å². The molecule has 1 aromatic heterocycles. The summed E-state index contributed by atoms with van der Waals surface area (Å²) in [5.74, 6) is 0.572. The SMILES string of the molecule is COC(=O)c1ccc(N(c2ccccc2C2CCC(C(C)(C)C)CC2)S(=O)(=O)c2cscn2)c(OC)c1. The number of methoxy groups -OCH3 is 2. The highest BCUT2D eigenvalue weighted by Gasteiger charge is 2.36. The molecule has 1 fully saturated rings. The second kappa shape index (κ2) is 10.8. The molecule has 0 atom stereocenters. The maximum absolute atomic E-state index is 14.1. The number of carbonyl (C=O) groups excluding carboxylic acids is 1. The van der Waals surface area contributed by atoms with Crippen LogP contribution in [0, 0.1) is 11.3 Å². The summed E-state index contributed by atoms with van der Waals surface area (Å²) in [4.78, 5) is 16.3. The van der Waals surface area contributed by atoms with Crippen LogP contribution in [-0.4, -0.2) is 33.6 Å². The number of rotatable bonds is 7. The molecule has 7 nitrogen and oxygen atoms in total. The van der Waals surface area contributed by atoms with Crippen LogP contribution >= 0.6 is 11.3 Å². The molecule has 0 N–H and O–H groups in total. The van der Waals surface area contributed by atoms with Crippen LogP contribution in [0.5, 0.6) is 5.75 Å². The van der Waals surface area contributed by atoms with Crippen molar-refractivity contribution in [1.29, 1.82) is 0 Å². The standard InChI is InChI=1S/C28H34N2O5S2/c1-28(2,3)21-13-10-19(11-14-21)22-8-6-7-9-23(22)30(37(32,33)26-17-36-18-29-26)24-15-12-20(27(31)35-5)16-25(24)34-4/h6-9,12,15-19,21H,10-11,13-14H2,1-5H3. The lowest BCUT2D eigenvalue weighted by molar-refractivity contribution is 0.0600. The van der Waals surface area contributed by atoms with Crippen molar-refractivity contribution in [3.63, 3.8) is 0 Å². The van der Waals surface area contributed by atoms with Crippen LogP contribution in [0.4, 0.5) is 11.4 Å². The quantitative estimate of drug-likeness (QED) is 0.306. The largest absolute Gasteiger partial charge is 0.495 e. The first-order chi connectivity index (χ1) is 17.6. The van der Waals surface area contributed by atoms with Gasteiger partial charge in [0.05, 0.1) is 36.7 Å². The normalized spacial score (nSPS) is 18.3. The van der Waals surface area contributed by atoms with Crippen LogP contribution in [0.25, 0.3) is 0 Å². The third kappa shape index (κ3) is 5.52. The third-order valence-electron chi connectivity index (χ3n) is 7.28. The van der Waals surface area contributed by atoms with E-state index in [4.69, 9.17) is 9.47 Å². The highest BCUT2D eigenvalue weighted by molar-refractivity contribution is 7.93. The first-order valence-electron chi connectivity index (χ1n) is 12.4. The molecule has 0 aliphatic heterocycles. The Morgan fingerprint density at radius 3 is 2.32 bits per heavy atom. The van der Waals surface area contributed by atoms with Gasteiger partial charge in [-0.15, -0.1) is 11.3 Å². The van der Waals surface area contributed by atoms with Gasteiger partial charge in [0.15, 0.2) is 5.03 Å². The van der Waals surface area contributed by atoms with E-state index in [2.05, 4.69) is 25.8 Å². The van der Waals surface area contributed by atoms with E-state index in [1.165, 1.54) is 46.8 Å². The molecule has 1 saturated carbocycles. The van der Waals surface area contributed by atoms with E-state index in [9.17, 15) is 13.2 Å². The average molecular weight is 543 g/mol. The van der Waals surface area contributed by atoms with Crippen molar-refractivity contribution in [1.82, 2.24) is 4.98 Å². The van der Waals surface area contributed by atoms with Gasteiger partial charge in [0, 0.05) is 5.38 Å². The van der Waals surface area contributed by atoms with Crippen LogP contribution in [-0.2, 0) is 14.8 Å². The molecular formula is C28H34N2O5S2. The molecule has 1 aliphatic carbocycles. The maximum atomic E-state index is 14.1. The van der Waals surface area contributed by atoms with Crippen molar-refractivity contribution >= 4 is 38.7 Å². The second-order valence-electron chi connectivity index (χ2n) is 10.4. The number of nitrogens with zero attached hydrogens (tertiary/aromatic N) is 2. The number of thiazole rings is 1. The molecule has 37 heavy (non-hydrogen) atoms. The predicted molar refractivity (Wildman–Crippen MR) is 146 cm³/mol. The molecule has 0 unspecified atom stereocenters. The number of anilines is 2. The molecule has 0 spiro atoms. The molecule has 4 rings (SSSR count). The Morgan fingerprint density at radius 1 is 1.03 bits per heavy atom. The van der Waals surface area contributed by atoms with Crippen LogP contribution in [0.1, 0.15) is 68.3 Å². The number of carbonyl (C=O) groups is 1. The minimum atomic E-state index is -4.09. The van der Waals surface area contributed by atoms with E-state index in [0.29, 0.717) is 17.3 Å². The van der Waals surface area contributed by atoms with Crippen molar-refractivity contribution in [3.8, 4) is 5.75 Å². The number of ether oxygens (including phenoxy) is 2. The topological polar surface area (TPSA) is 85.8 Å². The number of hydrogen-bond acceptors (Lipinski definition) is 7. The minimum Gasteiger partial charge on any atom is -0.495 e. The molecule has 9 heteroatoms. The van der Waals surface area contributed by atoms with Gasteiger partial charge in [-0.25, -0.2) is 14.1 Å². The van der Waals surface area contributed by atoms with E-state index in [0.717, 1.165) is 31.2 Å². The van der Waals surface area contributed by atoms with E-state index in [-0.39, 0.29) is 27.7 Å².